The summed E-state index contributed by atoms with van der Waals surface area (Å²) in [5.74, 6) is -0.212. The fraction of sp³-hybridized carbons (Fsp3) is 0.929. The molecule has 0 amide bonds. The van der Waals surface area contributed by atoms with Gasteiger partial charge in [-0.2, -0.15) is 0 Å². The summed E-state index contributed by atoms with van der Waals surface area (Å²) in [5, 5.41) is 9.57. The Morgan fingerprint density at radius 3 is 1.25 bits per heavy atom. The number of nitrogens with zero attached hydrogens (tertiary/aromatic N) is 1. The first-order valence-electron chi connectivity index (χ1n) is 21.1. The smallest absolute Gasteiger partial charge is 0.305 e. The molecule has 0 aromatic rings. The summed E-state index contributed by atoms with van der Waals surface area (Å²) >= 11 is 0. The van der Waals surface area contributed by atoms with E-state index in [-0.39, 0.29) is 40.6 Å². The third kappa shape index (κ3) is 22.8. The van der Waals surface area contributed by atoms with E-state index in [0.717, 1.165) is 64.2 Å². The molecule has 0 saturated heterocycles. The van der Waals surface area contributed by atoms with E-state index < -0.39 is 22.6 Å². The third-order valence-corrected chi connectivity index (χ3v) is 21.0. The highest BCUT2D eigenvalue weighted by atomic mass is 28.4. The first-order chi connectivity index (χ1) is 24.5. The largest absolute Gasteiger partial charge is 0.481 e. The van der Waals surface area contributed by atoms with Crippen LogP contribution in [0.4, 0.5) is 0 Å². The van der Waals surface area contributed by atoms with Gasteiger partial charge in [0.05, 0.1) is 25.4 Å². The molecule has 0 fully saturated rings. The van der Waals surface area contributed by atoms with Gasteiger partial charge >= 0.3 is 17.9 Å². The van der Waals surface area contributed by atoms with Crippen molar-refractivity contribution in [2.24, 2.45) is 11.8 Å². The summed E-state index contributed by atoms with van der Waals surface area (Å²) in [5.41, 5.74) is 0. The van der Waals surface area contributed by atoms with Crippen molar-refractivity contribution in [1.29, 1.82) is 0 Å². The molecule has 0 bridgehead atoms. The van der Waals surface area contributed by atoms with Gasteiger partial charge in [-0.15, -0.1) is 0 Å². The number of rotatable bonds is 30. The van der Waals surface area contributed by atoms with Gasteiger partial charge in [-0.25, -0.2) is 0 Å². The summed E-state index contributed by atoms with van der Waals surface area (Å²) < 4.78 is 25.3. The molecule has 11 heteroatoms. The number of carboxylic acids is 1. The zero-order valence-corrected chi connectivity index (χ0v) is 39.0. The van der Waals surface area contributed by atoms with Crippen molar-refractivity contribution in [3.05, 3.63) is 0 Å². The van der Waals surface area contributed by atoms with Gasteiger partial charge in [-0.3, -0.25) is 19.3 Å². The Balaban J connectivity index is 6.02. The maximum absolute atomic E-state index is 12.5. The second-order valence-corrected chi connectivity index (χ2v) is 28.0. The molecule has 1 N–H and O–H groups in total. The van der Waals surface area contributed by atoms with Gasteiger partial charge in [0.1, 0.15) is 0 Å². The van der Waals surface area contributed by atoms with Crippen molar-refractivity contribution < 1.29 is 37.8 Å². The van der Waals surface area contributed by atoms with Crippen LogP contribution in [-0.2, 0) is 32.7 Å². The molecule has 0 aliphatic carbocycles. The Hall–Kier alpha value is -1.28. The zero-order chi connectivity index (χ0) is 40.9. The van der Waals surface area contributed by atoms with Crippen molar-refractivity contribution in [3.63, 3.8) is 0 Å². The highest BCUT2D eigenvalue weighted by molar-refractivity contribution is 6.74. The van der Waals surface area contributed by atoms with Gasteiger partial charge in [-0.05, 0) is 86.7 Å². The van der Waals surface area contributed by atoms with Crippen molar-refractivity contribution >= 4 is 34.5 Å². The highest BCUT2D eigenvalue weighted by Crippen LogP contribution is 2.39. The van der Waals surface area contributed by atoms with Gasteiger partial charge < -0.3 is 23.4 Å². The number of aliphatic carboxylic acids is 1. The standard InChI is InChI=1S/C42H85NO8Si2/c1-15-34(16-2)32-48-39(46)27-21-19-24-36(50-52(11,12)41(5,6)7)30-43(29-23-26-38(44)45)31-37(51-53(13,14)42(8,9)10)25-20-22-28-40(47)49-33-35(17-3)18-4/h34-37H,15-33H2,1-14H3,(H,44,45). The number of unbranched alkanes of at least 4 members (excludes halogenated alkanes) is 2. The van der Waals surface area contributed by atoms with Crippen LogP contribution >= 0.6 is 0 Å². The van der Waals surface area contributed by atoms with E-state index in [9.17, 15) is 19.5 Å². The minimum atomic E-state index is -2.14. The van der Waals surface area contributed by atoms with E-state index in [2.05, 4.69) is 100 Å². The van der Waals surface area contributed by atoms with Crippen molar-refractivity contribution in [2.75, 3.05) is 32.8 Å². The Bertz CT molecular complexity index is 946. The topological polar surface area (TPSA) is 112 Å². The molecular weight excluding hydrogens is 703 g/mol. The lowest BCUT2D eigenvalue weighted by molar-refractivity contribution is -0.146. The molecule has 0 saturated carbocycles. The van der Waals surface area contributed by atoms with Crippen molar-refractivity contribution in [1.82, 2.24) is 4.90 Å². The Kier molecular flexibility index (Phi) is 25.2. The lowest BCUT2D eigenvalue weighted by Gasteiger charge is -2.42. The highest BCUT2D eigenvalue weighted by Gasteiger charge is 2.41. The molecular formula is C42H85NO8Si2. The molecule has 0 rings (SSSR count). The average Bonchev–Trinajstić information content (AvgIpc) is 3.04. The predicted octanol–water partition coefficient (Wildman–Crippen LogP) is 11.0. The zero-order valence-electron chi connectivity index (χ0n) is 37.0. The van der Waals surface area contributed by atoms with Gasteiger partial charge in [0.15, 0.2) is 16.6 Å². The second-order valence-electron chi connectivity index (χ2n) is 18.5. The molecule has 0 aliphatic heterocycles. The van der Waals surface area contributed by atoms with Gasteiger partial charge in [0, 0.05) is 32.4 Å². The quantitative estimate of drug-likeness (QED) is 0.0432. The van der Waals surface area contributed by atoms with Gasteiger partial charge in [-0.1, -0.05) is 108 Å². The molecule has 9 nitrogen and oxygen atoms in total. The SMILES string of the molecule is CCC(CC)COC(=O)CCCCC(CN(CCCC(=O)O)CC(CCCCC(=O)OCC(CC)CC)O[Si](C)(C)C(C)(C)C)O[Si](C)(C)C(C)(C)C. The average molecular weight is 788 g/mol. The molecule has 0 radical (unpaired) electrons. The number of carbonyl (C=O) groups excluding carboxylic acids is 2. The van der Waals surface area contributed by atoms with E-state index in [0.29, 0.717) is 63.9 Å². The number of ether oxygens (including phenoxy) is 2. The summed E-state index contributed by atoms with van der Waals surface area (Å²) in [6, 6.07) is 0. The van der Waals surface area contributed by atoms with Crippen LogP contribution in [0.25, 0.3) is 0 Å². The molecule has 0 aromatic carbocycles. The first kappa shape index (κ1) is 51.7. The van der Waals surface area contributed by atoms with E-state index >= 15 is 0 Å². The molecule has 0 heterocycles. The van der Waals surface area contributed by atoms with Crippen LogP contribution < -0.4 is 0 Å². The lowest BCUT2D eigenvalue weighted by Crippen LogP contribution is -2.50. The Morgan fingerprint density at radius 1 is 0.585 bits per heavy atom. The number of carboxylic acid groups (broad SMARTS) is 1. The maximum Gasteiger partial charge on any atom is 0.305 e. The van der Waals surface area contributed by atoms with Crippen molar-refractivity contribution in [2.45, 2.75) is 208 Å². The number of hydrogen-bond donors (Lipinski definition) is 1. The summed E-state index contributed by atoms with van der Waals surface area (Å²) in [6.07, 6.45) is 10.2. The molecule has 0 spiro atoms. The van der Waals surface area contributed by atoms with Crippen LogP contribution in [0.1, 0.15) is 159 Å². The summed E-state index contributed by atoms with van der Waals surface area (Å²) in [7, 11) is -4.28. The fourth-order valence-corrected chi connectivity index (χ4v) is 8.50. The normalized spacial score (nSPS) is 14.2. The van der Waals surface area contributed by atoms with Crippen LogP contribution in [0.15, 0.2) is 0 Å². The Morgan fingerprint density at radius 2 is 0.943 bits per heavy atom. The second kappa shape index (κ2) is 25.8. The number of hydrogen-bond acceptors (Lipinski definition) is 8. The van der Waals surface area contributed by atoms with E-state index in [1.54, 1.807) is 0 Å². The van der Waals surface area contributed by atoms with Crippen LogP contribution in [0.3, 0.4) is 0 Å². The molecule has 0 aliphatic rings. The first-order valence-corrected chi connectivity index (χ1v) is 26.9. The van der Waals surface area contributed by atoms with Crippen LogP contribution in [0, 0.1) is 11.8 Å². The monoisotopic (exact) mass is 788 g/mol. The van der Waals surface area contributed by atoms with E-state index in [1.165, 1.54) is 0 Å². The summed E-state index contributed by atoms with van der Waals surface area (Å²) in [4.78, 5) is 39.0. The Labute approximate surface area is 328 Å². The van der Waals surface area contributed by atoms with Crippen molar-refractivity contribution in [3.8, 4) is 0 Å². The fourth-order valence-electron chi connectivity index (χ4n) is 5.75. The molecule has 2 unspecified atom stereocenters. The summed E-state index contributed by atoms with van der Waals surface area (Å²) in [6.45, 7) is 34.1. The number of esters is 2. The van der Waals surface area contributed by atoms with E-state index in [4.69, 9.17) is 18.3 Å². The number of carbonyl (C=O) groups is 3. The molecule has 2 atom stereocenters. The maximum atomic E-state index is 12.5. The molecule has 0 aromatic heterocycles. The van der Waals surface area contributed by atoms with Gasteiger partial charge in [0.25, 0.3) is 0 Å². The lowest BCUT2D eigenvalue weighted by atomic mass is 10.1. The van der Waals surface area contributed by atoms with Crippen LogP contribution in [0.5, 0.6) is 0 Å². The molecule has 314 valence electrons. The van der Waals surface area contributed by atoms with Crippen LogP contribution in [-0.4, -0.2) is 89.6 Å². The van der Waals surface area contributed by atoms with E-state index in [1.807, 2.05) is 0 Å². The molecule has 53 heavy (non-hydrogen) atoms. The predicted molar refractivity (Wildman–Crippen MR) is 224 cm³/mol. The van der Waals surface area contributed by atoms with Crippen LogP contribution in [0.2, 0.25) is 36.3 Å². The third-order valence-electron chi connectivity index (χ3n) is 11.9. The minimum absolute atomic E-state index is 0.0292. The van der Waals surface area contributed by atoms with Gasteiger partial charge in [0.2, 0.25) is 0 Å². The minimum Gasteiger partial charge on any atom is -0.481 e.